The molecule has 0 unspecified atom stereocenters. The molecule has 1 aliphatic rings. The van der Waals surface area contributed by atoms with Gasteiger partial charge in [-0.2, -0.15) is 10.1 Å². The van der Waals surface area contributed by atoms with Gasteiger partial charge in [0.05, 0.1) is 16.5 Å². The third-order valence-electron chi connectivity index (χ3n) is 4.95. The highest BCUT2D eigenvalue weighted by atomic mass is 16.1. The summed E-state index contributed by atoms with van der Waals surface area (Å²) in [5.74, 6) is 0.677. The fourth-order valence-corrected chi connectivity index (χ4v) is 3.64. The van der Waals surface area contributed by atoms with E-state index in [2.05, 4.69) is 20.1 Å². The lowest BCUT2D eigenvalue weighted by Crippen LogP contribution is -2.31. The normalized spacial score (nSPS) is 15.0. The number of aromatic nitrogens is 5. The van der Waals surface area contributed by atoms with Crippen molar-refractivity contribution >= 4 is 27.9 Å². The van der Waals surface area contributed by atoms with Crippen LogP contribution in [0.2, 0.25) is 0 Å². The van der Waals surface area contributed by atoms with Gasteiger partial charge in [0.15, 0.2) is 5.65 Å². The summed E-state index contributed by atoms with van der Waals surface area (Å²) in [6, 6.07) is 9.59. The lowest BCUT2D eigenvalue weighted by atomic mass is 10.1. The zero-order chi connectivity index (χ0) is 17.5. The summed E-state index contributed by atoms with van der Waals surface area (Å²) in [5, 5.41) is 8.36. The monoisotopic (exact) mass is 346 g/mol. The predicted octanol–water partition coefficient (Wildman–Crippen LogP) is 2.65. The lowest BCUT2D eigenvalue weighted by molar-refractivity contribution is 0.568. The van der Waals surface area contributed by atoms with E-state index in [9.17, 15) is 4.79 Å². The first-order valence-corrected chi connectivity index (χ1v) is 8.88. The van der Waals surface area contributed by atoms with Crippen LogP contribution >= 0.6 is 0 Å². The molecular formula is C19H18N6O. The van der Waals surface area contributed by atoms with E-state index >= 15 is 0 Å². The van der Waals surface area contributed by atoms with Crippen LogP contribution in [0, 0.1) is 0 Å². The van der Waals surface area contributed by atoms with E-state index in [1.54, 1.807) is 17.0 Å². The Morgan fingerprint density at radius 2 is 1.81 bits per heavy atom. The second-order valence-electron chi connectivity index (χ2n) is 6.58. The molecule has 130 valence electrons. The molecule has 0 spiro atoms. The number of nitrogens with one attached hydrogen (secondary N) is 1. The molecule has 26 heavy (non-hydrogen) atoms. The van der Waals surface area contributed by atoms with E-state index in [1.807, 2.05) is 30.3 Å². The molecule has 4 aromatic rings. The highest BCUT2D eigenvalue weighted by Crippen LogP contribution is 2.24. The van der Waals surface area contributed by atoms with Crippen molar-refractivity contribution in [2.45, 2.75) is 19.3 Å². The first-order valence-electron chi connectivity index (χ1n) is 8.88. The smallest absolute Gasteiger partial charge is 0.267 e. The molecule has 4 heterocycles. The number of H-pyrrole nitrogens is 1. The van der Waals surface area contributed by atoms with Gasteiger partial charge >= 0.3 is 0 Å². The average molecular weight is 346 g/mol. The third kappa shape index (κ3) is 2.28. The van der Waals surface area contributed by atoms with Crippen LogP contribution in [0.25, 0.3) is 27.6 Å². The SMILES string of the molecule is O=c1c2c[nH]nc2c2cnc(N3CCCCC3)nc2n1-c1ccccc1. The van der Waals surface area contributed by atoms with E-state index in [0.717, 1.165) is 37.0 Å². The number of hydrogen-bond acceptors (Lipinski definition) is 5. The number of nitrogens with zero attached hydrogens (tertiary/aromatic N) is 5. The minimum absolute atomic E-state index is 0.129. The molecule has 7 nitrogen and oxygen atoms in total. The van der Waals surface area contributed by atoms with Crippen molar-refractivity contribution in [2.24, 2.45) is 0 Å². The van der Waals surface area contributed by atoms with Crippen molar-refractivity contribution in [2.75, 3.05) is 18.0 Å². The van der Waals surface area contributed by atoms with Crippen molar-refractivity contribution in [3.8, 4) is 5.69 Å². The van der Waals surface area contributed by atoms with Gasteiger partial charge in [0.2, 0.25) is 5.95 Å². The fourth-order valence-electron chi connectivity index (χ4n) is 3.64. The Morgan fingerprint density at radius 1 is 1.00 bits per heavy atom. The van der Waals surface area contributed by atoms with Gasteiger partial charge in [0.1, 0.15) is 5.52 Å². The number of anilines is 1. The molecule has 5 rings (SSSR count). The Morgan fingerprint density at radius 3 is 2.62 bits per heavy atom. The van der Waals surface area contributed by atoms with Crippen LogP contribution in [-0.2, 0) is 0 Å². The van der Waals surface area contributed by atoms with Crippen molar-refractivity contribution in [1.82, 2.24) is 24.7 Å². The summed E-state index contributed by atoms with van der Waals surface area (Å²) in [7, 11) is 0. The second-order valence-corrected chi connectivity index (χ2v) is 6.58. The maximum atomic E-state index is 13.1. The van der Waals surface area contributed by atoms with Crippen molar-refractivity contribution in [3.05, 3.63) is 53.1 Å². The zero-order valence-electron chi connectivity index (χ0n) is 14.2. The minimum atomic E-state index is -0.129. The highest BCUT2D eigenvalue weighted by molar-refractivity contribution is 6.02. The predicted molar refractivity (Wildman–Crippen MR) is 101 cm³/mol. The van der Waals surface area contributed by atoms with Crippen LogP contribution in [0.5, 0.6) is 0 Å². The molecule has 0 aliphatic carbocycles. The number of benzene rings is 1. The molecule has 1 saturated heterocycles. The van der Waals surface area contributed by atoms with Gasteiger partial charge in [0.25, 0.3) is 5.56 Å². The Balaban J connectivity index is 1.83. The maximum Gasteiger partial charge on any atom is 0.267 e. The fraction of sp³-hybridized carbons (Fsp3) is 0.263. The average Bonchev–Trinajstić information content (AvgIpc) is 3.20. The van der Waals surface area contributed by atoms with Gasteiger partial charge in [-0.15, -0.1) is 0 Å². The second kappa shape index (κ2) is 5.94. The van der Waals surface area contributed by atoms with Crippen molar-refractivity contribution in [3.63, 3.8) is 0 Å². The Hall–Kier alpha value is -3.22. The van der Waals surface area contributed by atoms with Crippen LogP contribution in [0.3, 0.4) is 0 Å². The summed E-state index contributed by atoms with van der Waals surface area (Å²) in [4.78, 5) is 24.7. The van der Waals surface area contributed by atoms with E-state index < -0.39 is 0 Å². The Kier molecular flexibility index (Phi) is 3.44. The number of piperidine rings is 1. The molecular weight excluding hydrogens is 328 g/mol. The van der Waals surface area contributed by atoms with Crippen LogP contribution in [0.1, 0.15) is 19.3 Å². The topological polar surface area (TPSA) is 79.7 Å². The van der Waals surface area contributed by atoms with E-state index in [1.165, 1.54) is 6.42 Å². The molecule has 1 aliphatic heterocycles. The zero-order valence-corrected chi connectivity index (χ0v) is 14.2. The number of para-hydroxylation sites is 1. The highest BCUT2D eigenvalue weighted by Gasteiger charge is 2.19. The van der Waals surface area contributed by atoms with Gasteiger partial charge in [-0.05, 0) is 31.4 Å². The molecule has 0 radical (unpaired) electrons. The minimum Gasteiger partial charge on any atom is -0.341 e. The van der Waals surface area contributed by atoms with Crippen LogP contribution < -0.4 is 10.5 Å². The lowest BCUT2D eigenvalue weighted by Gasteiger charge is -2.26. The number of hydrogen-bond donors (Lipinski definition) is 1. The van der Waals surface area contributed by atoms with Crippen LogP contribution in [0.4, 0.5) is 5.95 Å². The Labute approximate surface area is 149 Å². The van der Waals surface area contributed by atoms with E-state index in [4.69, 9.17) is 4.98 Å². The Bertz CT molecular complexity index is 1140. The molecule has 7 heteroatoms. The van der Waals surface area contributed by atoms with Gasteiger partial charge in [-0.25, -0.2) is 4.98 Å². The van der Waals surface area contributed by atoms with Crippen molar-refractivity contribution < 1.29 is 0 Å². The van der Waals surface area contributed by atoms with E-state index in [-0.39, 0.29) is 5.56 Å². The first-order chi connectivity index (χ1) is 12.8. The summed E-state index contributed by atoms with van der Waals surface area (Å²) < 4.78 is 1.66. The van der Waals surface area contributed by atoms with Crippen molar-refractivity contribution in [1.29, 1.82) is 0 Å². The number of aromatic amines is 1. The number of rotatable bonds is 2. The van der Waals surface area contributed by atoms with Crippen LogP contribution in [0.15, 0.2) is 47.5 Å². The molecule has 0 saturated carbocycles. The number of pyridine rings is 1. The number of fused-ring (bicyclic) bond motifs is 3. The molecule has 0 bridgehead atoms. The summed E-state index contributed by atoms with van der Waals surface area (Å²) >= 11 is 0. The standard InChI is InChI=1S/C19H18N6O/c26-18-15-12-21-23-16(15)14-11-20-19(24-9-5-2-6-10-24)22-17(14)25(18)13-7-3-1-4-8-13/h1,3-4,7-8,11-12H,2,5-6,9-10H2,(H,21,23). The summed E-state index contributed by atoms with van der Waals surface area (Å²) in [6.45, 7) is 1.90. The van der Waals surface area contributed by atoms with Gasteiger partial charge in [-0.3, -0.25) is 14.5 Å². The largest absolute Gasteiger partial charge is 0.341 e. The molecule has 0 amide bonds. The molecule has 3 aromatic heterocycles. The van der Waals surface area contributed by atoms with Gasteiger partial charge in [0, 0.05) is 25.5 Å². The maximum absolute atomic E-state index is 13.1. The van der Waals surface area contributed by atoms with Gasteiger partial charge < -0.3 is 4.90 Å². The first kappa shape index (κ1) is 15.1. The quantitative estimate of drug-likeness (QED) is 0.603. The van der Waals surface area contributed by atoms with E-state index in [0.29, 0.717) is 22.5 Å². The molecule has 1 fully saturated rings. The summed E-state index contributed by atoms with van der Waals surface area (Å²) in [5.41, 5.74) is 1.86. The van der Waals surface area contributed by atoms with Gasteiger partial charge in [-0.1, -0.05) is 18.2 Å². The molecule has 1 aromatic carbocycles. The molecule has 1 N–H and O–H groups in total. The summed E-state index contributed by atoms with van der Waals surface area (Å²) in [6.07, 6.45) is 6.95. The van der Waals surface area contributed by atoms with Crippen LogP contribution in [-0.4, -0.2) is 37.8 Å². The molecule has 0 atom stereocenters. The third-order valence-corrected chi connectivity index (χ3v) is 4.95.